The van der Waals surface area contributed by atoms with Gasteiger partial charge in [0.2, 0.25) is 0 Å². The standard InChI is InChI=1S/C10H19NS/c1-3-12-7(2)10-5-9-4-8(10)6-11-9/h7-11H,3-6H2,1-2H3. The first-order valence-corrected chi connectivity index (χ1v) is 6.21. The first-order valence-electron chi connectivity index (χ1n) is 5.16. The van der Waals surface area contributed by atoms with E-state index < -0.39 is 0 Å². The lowest BCUT2D eigenvalue weighted by Crippen LogP contribution is -2.33. The number of piperidine rings is 1. The van der Waals surface area contributed by atoms with Crippen molar-refractivity contribution in [2.75, 3.05) is 12.3 Å². The number of hydrogen-bond donors (Lipinski definition) is 1. The zero-order chi connectivity index (χ0) is 8.55. The van der Waals surface area contributed by atoms with Crippen molar-refractivity contribution >= 4 is 11.8 Å². The molecule has 1 heterocycles. The zero-order valence-corrected chi connectivity index (χ0v) is 8.86. The molecule has 70 valence electrons. The Morgan fingerprint density at radius 1 is 1.50 bits per heavy atom. The van der Waals surface area contributed by atoms with Gasteiger partial charge in [-0.05, 0) is 37.0 Å². The predicted octanol–water partition coefficient (Wildman–Crippen LogP) is 2.13. The van der Waals surface area contributed by atoms with Crippen LogP contribution < -0.4 is 5.32 Å². The Bertz CT molecular complexity index is 160. The Balaban J connectivity index is 1.89. The van der Waals surface area contributed by atoms with Crippen molar-refractivity contribution in [1.82, 2.24) is 5.32 Å². The maximum Gasteiger partial charge on any atom is 0.00735 e. The maximum absolute atomic E-state index is 3.57. The SMILES string of the molecule is CCSC(C)C1CC2CC1CN2. The second-order valence-electron chi connectivity index (χ2n) is 4.16. The molecule has 1 aliphatic carbocycles. The second-order valence-corrected chi connectivity index (χ2v) is 5.82. The van der Waals surface area contributed by atoms with Crippen molar-refractivity contribution in [2.45, 2.75) is 38.0 Å². The average molecular weight is 185 g/mol. The first-order chi connectivity index (χ1) is 5.81. The molecule has 0 aromatic rings. The molecule has 1 N–H and O–H groups in total. The number of nitrogens with one attached hydrogen (secondary N) is 1. The lowest BCUT2D eigenvalue weighted by molar-refractivity contribution is 0.349. The number of fused-ring (bicyclic) bond motifs is 2. The largest absolute Gasteiger partial charge is 0.314 e. The van der Waals surface area contributed by atoms with E-state index in [1.807, 2.05) is 0 Å². The van der Waals surface area contributed by atoms with Gasteiger partial charge in [-0.15, -0.1) is 0 Å². The fraction of sp³-hybridized carbons (Fsp3) is 1.00. The van der Waals surface area contributed by atoms with Crippen LogP contribution in [0.1, 0.15) is 26.7 Å². The molecule has 2 fully saturated rings. The highest BCUT2D eigenvalue weighted by Crippen LogP contribution is 2.41. The molecular formula is C10H19NS. The third kappa shape index (κ3) is 1.51. The van der Waals surface area contributed by atoms with Gasteiger partial charge in [0.05, 0.1) is 0 Å². The van der Waals surface area contributed by atoms with Gasteiger partial charge in [0.1, 0.15) is 0 Å². The van der Waals surface area contributed by atoms with Crippen LogP contribution in [0.15, 0.2) is 0 Å². The Labute approximate surface area is 79.7 Å². The van der Waals surface area contributed by atoms with E-state index >= 15 is 0 Å². The molecule has 2 heteroatoms. The summed E-state index contributed by atoms with van der Waals surface area (Å²) in [5.74, 6) is 3.30. The van der Waals surface area contributed by atoms with E-state index in [1.54, 1.807) is 0 Å². The molecule has 1 aliphatic heterocycles. The van der Waals surface area contributed by atoms with Gasteiger partial charge in [-0.2, -0.15) is 11.8 Å². The molecule has 2 rings (SSSR count). The van der Waals surface area contributed by atoms with Gasteiger partial charge >= 0.3 is 0 Å². The van der Waals surface area contributed by atoms with Crippen molar-refractivity contribution in [2.24, 2.45) is 11.8 Å². The summed E-state index contributed by atoms with van der Waals surface area (Å²) in [6.07, 6.45) is 2.90. The molecule has 0 aromatic carbocycles. The van der Waals surface area contributed by atoms with Crippen molar-refractivity contribution in [3.63, 3.8) is 0 Å². The molecule has 2 bridgehead atoms. The van der Waals surface area contributed by atoms with Gasteiger partial charge < -0.3 is 5.32 Å². The topological polar surface area (TPSA) is 12.0 Å². The summed E-state index contributed by atoms with van der Waals surface area (Å²) in [6, 6.07) is 0.875. The summed E-state index contributed by atoms with van der Waals surface area (Å²) in [6.45, 7) is 5.98. The first kappa shape index (κ1) is 8.89. The maximum atomic E-state index is 3.57. The summed E-state index contributed by atoms with van der Waals surface area (Å²) in [5, 5.41) is 4.47. The number of rotatable bonds is 3. The predicted molar refractivity (Wildman–Crippen MR) is 55.6 cm³/mol. The smallest absolute Gasteiger partial charge is 0.00735 e. The lowest BCUT2D eigenvalue weighted by Gasteiger charge is -2.27. The molecule has 0 spiro atoms. The Morgan fingerprint density at radius 2 is 2.33 bits per heavy atom. The van der Waals surface area contributed by atoms with Gasteiger partial charge in [0.25, 0.3) is 0 Å². The monoisotopic (exact) mass is 185 g/mol. The Kier molecular flexibility index (Phi) is 2.66. The van der Waals surface area contributed by atoms with Gasteiger partial charge in [0, 0.05) is 11.3 Å². The van der Waals surface area contributed by atoms with Crippen molar-refractivity contribution < 1.29 is 0 Å². The average Bonchev–Trinajstić information content (AvgIpc) is 2.64. The lowest BCUT2D eigenvalue weighted by atomic mass is 9.92. The van der Waals surface area contributed by atoms with E-state index in [-0.39, 0.29) is 0 Å². The number of thioether (sulfide) groups is 1. The van der Waals surface area contributed by atoms with Crippen LogP contribution in [0.2, 0.25) is 0 Å². The summed E-state index contributed by atoms with van der Waals surface area (Å²) in [4.78, 5) is 0. The summed E-state index contributed by atoms with van der Waals surface area (Å²) >= 11 is 2.14. The van der Waals surface area contributed by atoms with Crippen LogP contribution in [0.4, 0.5) is 0 Å². The van der Waals surface area contributed by atoms with Crippen LogP contribution >= 0.6 is 11.8 Å². The van der Waals surface area contributed by atoms with Crippen LogP contribution in [0.5, 0.6) is 0 Å². The zero-order valence-electron chi connectivity index (χ0n) is 8.05. The fourth-order valence-electron chi connectivity index (χ4n) is 2.84. The molecule has 4 unspecified atom stereocenters. The summed E-state index contributed by atoms with van der Waals surface area (Å²) < 4.78 is 0. The molecule has 1 nitrogen and oxygen atoms in total. The van der Waals surface area contributed by atoms with E-state index in [4.69, 9.17) is 0 Å². The molecule has 0 radical (unpaired) electrons. The molecular weight excluding hydrogens is 166 g/mol. The van der Waals surface area contributed by atoms with E-state index in [2.05, 4.69) is 30.9 Å². The summed E-state index contributed by atoms with van der Waals surface area (Å²) in [7, 11) is 0. The Hall–Kier alpha value is 0.310. The molecule has 0 amide bonds. The molecule has 4 atom stereocenters. The van der Waals surface area contributed by atoms with Gasteiger partial charge in [-0.25, -0.2) is 0 Å². The van der Waals surface area contributed by atoms with Crippen LogP contribution in [0, 0.1) is 11.8 Å². The van der Waals surface area contributed by atoms with E-state index in [0.717, 1.165) is 23.1 Å². The van der Waals surface area contributed by atoms with Gasteiger partial charge in [-0.1, -0.05) is 13.8 Å². The summed E-state index contributed by atoms with van der Waals surface area (Å²) in [5.41, 5.74) is 0. The highest BCUT2D eigenvalue weighted by atomic mass is 32.2. The van der Waals surface area contributed by atoms with Crippen LogP contribution in [0.25, 0.3) is 0 Å². The molecule has 1 saturated heterocycles. The number of hydrogen-bond acceptors (Lipinski definition) is 2. The van der Waals surface area contributed by atoms with Gasteiger partial charge in [0.15, 0.2) is 0 Å². The second kappa shape index (κ2) is 3.59. The van der Waals surface area contributed by atoms with Crippen molar-refractivity contribution in [3.05, 3.63) is 0 Å². The third-order valence-electron chi connectivity index (χ3n) is 3.45. The fourth-order valence-corrected chi connectivity index (χ4v) is 3.94. The van der Waals surface area contributed by atoms with E-state index in [9.17, 15) is 0 Å². The van der Waals surface area contributed by atoms with Gasteiger partial charge in [-0.3, -0.25) is 0 Å². The van der Waals surface area contributed by atoms with Crippen molar-refractivity contribution in [3.8, 4) is 0 Å². The minimum absolute atomic E-state index is 0.875. The van der Waals surface area contributed by atoms with Crippen molar-refractivity contribution in [1.29, 1.82) is 0 Å². The third-order valence-corrected chi connectivity index (χ3v) is 4.66. The minimum Gasteiger partial charge on any atom is -0.314 e. The highest BCUT2D eigenvalue weighted by molar-refractivity contribution is 7.99. The molecule has 2 aliphatic rings. The Morgan fingerprint density at radius 3 is 2.83 bits per heavy atom. The minimum atomic E-state index is 0.875. The highest BCUT2D eigenvalue weighted by Gasteiger charge is 2.41. The molecule has 1 saturated carbocycles. The normalized spacial score (nSPS) is 42.0. The van der Waals surface area contributed by atoms with Crippen LogP contribution in [-0.4, -0.2) is 23.6 Å². The molecule has 12 heavy (non-hydrogen) atoms. The van der Waals surface area contributed by atoms with E-state index in [0.29, 0.717) is 0 Å². The quantitative estimate of drug-likeness (QED) is 0.723. The molecule has 0 aromatic heterocycles. The van der Waals surface area contributed by atoms with Crippen LogP contribution in [0.3, 0.4) is 0 Å². The van der Waals surface area contributed by atoms with E-state index in [1.165, 1.54) is 25.1 Å². The van der Waals surface area contributed by atoms with Crippen LogP contribution in [-0.2, 0) is 0 Å².